The number of nitro groups is 1. The molecule has 1 saturated heterocycles. The summed E-state index contributed by atoms with van der Waals surface area (Å²) in [5, 5.41) is 13.5. The van der Waals surface area contributed by atoms with Crippen LogP contribution in [-0.2, 0) is 11.3 Å². The van der Waals surface area contributed by atoms with Gasteiger partial charge in [0.1, 0.15) is 13.2 Å². The Bertz CT molecular complexity index is 942. The molecule has 8 nitrogen and oxygen atoms in total. The molecule has 1 unspecified atom stereocenters. The van der Waals surface area contributed by atoms with Gasteiger partial charge in [-0.1, -0.05) is 33.7 Å². The van der Waals surface area contributed by atoms with E-state index in [1.54, 1.807) is 6.07 Å². The molecule has 1 N–H and O–H groups in total. The first kappa shape index (κ1) is 25.3. The molecular formula is C23H31N4O4S2+. The Hall–Kier alpha value is -2.30. The van der Waals surface area contributed by atoms with Gasteiger partial charge in [0.2, 0.25) is 0 Å². The highest BCUT2D eigenvalue weighted by Crippen LogP contribution is 2.34. The second kappa shape index (κ2) is 11.7. The summed E-state index contributed by atoms with van der Waals surface area (Å²) in [5.74, 6) is -0.178. The SMILES string of the molecule is C[C@H](COC(=O)Nc1ccc(C[N+]2(C)CCCC[C@@H]2C)cc1)SSc1ccc([N+](=O)[O-])nc1. The molecule has 0 radical (unpaired) electrons. The number of carbonyl (C=O) groups is 1. The second-order valence-electron chi connectivity index (χ2n) is 8.73. The molecule has 0 bridgehead atoms. The number of amides is 1. The number of nitrogens with zero attached hydrogens (tertiary/aromatic N) is 3. The summed E-state index contributed by atoms with van der Waals surface area (Å²) >= 11 is 0. The molecule has 1 fully saturated rings. The fourth-order valence-electron chi connectivity index (χ4n) is 3.83. The fourth-order valence-corrected chi connectivity index (χ4v) is 5.74. The van der Waals surface area contributed by atoms with Gasteiger partial charge in [0.25, 0.3) is 0 Å². The van der Waals surface area contributed by atoms with Crippen molar-refractivity contribution in [2.45, 2.75) is 55.8 Å². The number of ether oxygens (including phenoxy) is 1. The van der Waals surface area contributed by atoms with Crippen molar-refractivity contribution < 1.29 is 18.9 Å². The number of benzene rings is 1. The third kappa shape index (κ3) is 7.62. The van der Waals surface area contributed by atoms with Gasteiger partial charge in [-0.3, -0.25) is 5.32 Å². The van der Waals surface area contributed by atoms with Crippen molar-refractivity contribution in [2.75, 3.05) is 25.5 Å². The van der Waals surface area contributed by atoms with E-state index in [2.05, 4.69) is 36.4 Å². The molecule has 1 aromatic carbocycles. The van der Waals surface area contributed by atoms with Crippen LogP contribution in [0.3, 0.4) is 0 Å². The predicted octanol–water partition coefficient (Wildman–Crippen LogP) is 5.89. The fraction of sp³-hybridized carbons (Fsp3) is 0.478. The quantitative estimate of drug-likeness (QED) is 0.202. The number of hydrogen-bond donors (Lipinski definition) is 1. The summed E-state index contributed by atoms with van der Waals surface area (Å²) in [6, 6.07) is 11.7. The maximum absolute atomic E-state index is 12.2. The van der Waals surface area contributed by atoms with E-state index in [0.717, 1.165) is 15.9 Å². The lowest BCUT2D eigenvalue weighted by atomic mass is 9.99. The third-order valence-electron chi connectivity index (χ3n) is 6.01. The number of hydrogen-bond acceptors (Lipinski definition) is 7. The van der Waals surface area contributed by atoms with E-state index in [4.69, 9.17) is 4.74 Å². The number of aromatic nitrogens is 1. The lowest BCUT2D eigenvalue weighted by molar-refractivity contribution is -0.948. The predicted molar refractivity (Wildman–Crippen MR) is 133 cm³/mol. The van der Waals surface area contributed by atoms with Gasteiger partial charge in [-0.05, 0) is 61.2 Å². The third-order valence-corrected chi connectivity index (χ3v) is 8.86. The Morgan fingerprint density at radius 1 is 1.30 bits per heavy atom. The maximum atomic E-state index is 12.2. The van der Waals surface area contributed by atoms with Gasteiger partial charge >= 0.3 is 11.9 Å². The van der Waals surface area contributed by atoms with Crippen LogP contribution in [0.2, 0.25) is 0 Å². The highest BCUT2D eigenvalue weighted by molar-refractivity contribution is 8.76. The highest BCUT2D eigenvalue weighted by atomic mass is 33.1. The van der Waals surface area contributed by atoms with Crippen molar-refractivity contribution in [3.63, 3.8) is 0 Å². The van der Waals surface area contributed by atoms with E-state index < -0.39 is 11.0 Å². The summed E-state index contributed by atoms with van der Waals surface area (Å²) in [6.07, 6.45) is 4.87. The molecule has 1 aliphatic rings. The summed E-state index contributed by atoms with van der Waals surface area (Å²) in [6.45, 7) is 6.75. The lowest BCUT2D eigenvalue weighted by Crippen LogP contribution is -2.52. The molecule has 33 heavy (non-hydrogen) atoms. The number of carbonyl (C=O) groups excluding carboxylic acids is 1. The van der Waals surface area contributed by atoms with Crippen molar-refractivity contribution in [3.8, 4) is 0 Å². The average Bonchev–Trinajstić information content (AvgIpc) is 2.80. The highest BCUT2D eigenvalue weighted by Gasteiger charge is 2.32. The Balaban J connectivity index is 1.39. The van der Waals surface area contributed by atoms with Crippen LogP contribution in [0, 0.1) is 10.1 Å². The molecule has 1 aromatic heterocycles. The largest absolute Gasteiger partial charge is 0.448 e. The zero-order chi connectivity index (χ0) is 23.8. The molecule has 2 aromatic rings. The molecule has 1 aliphatic heterocycles. The Labute approximate surface area is 202 Å². The van der Waals surface area contributed by atoms with Gasteiger partial charge in [0.15, 0.2) is 6.20 Å². The molecule has 0 saturated carbocycles. The van der Waals surface area contributed by atoms with Crippen molar-refractivity contribution in [2.24, 2.45) is 0 Å². The summed E-state index contributed by atoms with van der Waals surface area (Å²) in [4.78, 5) is 26.9. The molecular weight excluding hydrogens is 460 g/mol. The van der Waals surface area contributed by atoms with E-state index >= 15 is 0 Å². The normalized spacial score (nSPS) is 21.2. The zero-order valence-corrected chi connectivity index (χ0v) is 20.9. The van der Waals surface area contributed by atoms with Gasteiger partial charge in [-0.25, -0.2) is 4.79 Å². The minimum Gasteiger partial charge on any atom is -0.448 e. The molecule has 10 heteroatoms. The molecule has 2 heterocycles. The number of pyridine rings is 1. The first-order valence-corrected chi connectivity index (χ1v) is 13.3. The maximum Gasteiger partial charge on any atom is 0.411 e. The van der Waals surface area contributed by atoms with Gasteiger partial charge in [-0.2, -0.15) is 0 Å². The molecule has 1 amide bonds. The van der Waals surface area contributed by atoms with E-state index in [0.29, 0.717) is 11.7 Å². The van der Waals surface area contributed by atoms with Gasteiger partial charge in [-0.15, -0.1) is 0 Å². The van der Waals surface area contributed by atoms with Crippen LogP contribution in [0.4, 0.5) is 16.3 Å². The Morgan fingerprint density at radius 2 is 2.06 bits per heavy atom. The van der Waals surface area contributed by atoms with E-state index in [1.165, 1.54) is 65.2 Å². The molecule has 3 rings (SSSR count). The van der Waals surface area contributed by atoms with Crippen molar-refractivity contribution in [3.05, 3.63) is 58.3 Å². The van der Waals surface area contributed by atoms with Crippen LogP contribution < -0.4 is 5.32 Å². The average molecular weight is 492 g/mol. The monoisotopic (exact) mass is 491 g/mol. The van der Waals surface area contributed by atoms with Crippen LogP contribution in [0.1, 0.15) is 38.7 Å². The number of quaternary nitrogens is 1. The van der Waals surface area contributed by atoms with Crippen LogP contribution in [-0.4, -0.2) is 52.0 Å². The Morgan fingerprint density at radius 3 is 2.70 bits per heavy atom. The minimum atomic E-state index is -0.527. The molecule has 3 atom stereocenters. The summed E-state index contributed by atoms with van der Waals surface area (Å²) in [5.41, 5.74) is 1.98. The Kier molecular flexibility index (Phi) is 8.99. The summed E-state index contributed by atoms with van der Waals surface area (Å²) in [7, 11) is 5.28. The van der Waals surface area contributed by atoms with E-state index in [9.17, 15) is 14.9 Å². The number of piperidine rings is 1. The molecule has 178 valence electrons. The second-order valence-corrected chi connectivity index (χ2v) is 11.4. The number of anilines is 1. The van der Waals surface area contributed by atoms with Crippen molar-refractivity contribution in [1.82, 2.24) is 4.98 Å². The minimum absolute atomic E-state index is 0.0364. The van der Waals surface area contributed by atoms with Crippen LogP contribution >= 0.6 is 21.6 Å². The molecule has 0 aliphatic carbocycles. The van der Waals surface area contributed by atoms with E-state index in [-0.39, 0.29) is 17.7 Å². The zero-order valence-electron chi connectivity index (χ0n) is 19.2. The van der Waals surface area contributed by atoms with Gasteiger partial charge < -0.3 is 19.3 Å². The number of rotatable bonds is 9. The first-order chi connectivity index (χ1) is 15.7. The first-order valence-electron chi connectivity index (χ1n) is 11.1. The number of nitrogens with one attached hydrogen (secondary N) is 1. The van der Waals surface area contributed by atoms with Crippen LogP contribution in [0.25, 0.3) is 0 Å². The smallest absolute Gasteiger partial charge is 0.411 e. The van der Waals surface area contributed by atoms with Crippen molar-refractivity contribution in [1.29, 1.82) is 0 Å². The van der Waals surface area contributed by atoms with Gasteiger partial charge in [0.05, 0.1) is 24.5 Å². The van der Waals surface area contributed by atoms with E-state index in [1.807, 2.05) is 19.1 Å². The number of likely N-dealkylation sites (tertiary alicyclic amines) is 1. The van der Waals surface area contributed by atoms with Crippen LogP contribution in [0.15, 0.2) is 47.5 Å². The van der Waals surface area contributed by atoms with Crippen LogP contribution in [0.5, 0.6) is 0 Å². The topological polar surface area (TPSA) is 94.4 Å². The molecule has 0 spiro atoms. The summed E-state index contributed by atoms with van der Waals surface area (Å²) < 4.78 is 6.40. The van der Waals surface area contributed by atoms with Gasteiger partial charge in [0, 0.05) is 22.6 Å². The standard InChI is InChI=1S/C23H30N4O4S2/c1-17-6-4-5-13-27(17,3)15-19-7-9-20(10-8-19)25-23(28)31-16-18(2)32-33-21-11-12-22(24-14-21)26(29)30/h7-12,14,17-18H,4-6,13,15-16H2,1-3H3/p+1/t17-,18+,27?/m0/s1. The van der Waals surface area contributed by atoms with Crippen molar-refractivity contribution >= 4 is 39.2 Å². The lowest BCUT2D eigenvalue weighted by Gasteiger charge is -2.43.